The van der Waals surface area contributed by atoms with Crippen LogP contribution < -0.4 is 10.7 Å². The second-order valence-electron chi connectivity index (χ2n) is 5.77. The Labute approximate surface area is 154 Å². The zero-order valence-corrected chi connectivity index (χ0v) is 14.3. The largest absolute Gasteiger partial charge is 0.427 e. The van der Waals surface area contributed by atoms with Crippen LogP contribution in [0, 0.1) is 0 Å². The van der Waals surface area contributed by atoms with Gasteiger partial charge in [-0.25, -0.2) is 0 Å². The zero-order chi connectivity index (χ0) is 16.2. The molecule has 4 aromatic carbocycles. The van der Waals surface area contributed by atoms with Gasteiger partial charge in [0.1, 0.15) is 0 Å². The normalized spacial score (nSPS) is 9.69. The van der Waals surface area contributed by atoms with Crippen LogP contribution in [0.4, 0.5) is 5.69 Å². The molecule has 4 aromatic rings. The van der Waals surface area contributed by atoms with Crippen molar-refractivity contribution in [1.29, 1.82) is 0 Å². The summed E-state index contributed by atoms with van der Waals surface area (Å²) in [6, 6.07) is 33.7. The Kier molecular flexibility index (Phi) is 6.56. The number of rotatable bonds is 4. The average Bonchev–Trinajstić information content (AvgIpc) is 2.67. The third-order valence-corrected chi connectivity index (χ3v) is 4.20. The standard InChI is InChI=1S/C22H17BN.2H2O/c1-2-11-18(12-3-1)23-24-22-16-7-6-14-21(22)20-15-8-10-17-9-4-5-13-19(17)20;;/h1-16,24H;2*1H2. The van der Waals surface area contributed by atoms with Gasteiger partial charge in [-0.2, -0.15) is 0 Å². The van der Waals surface area contributed by atoms with Crippen molar-refractivity contribution in [3.8, 4) is 11.1 Å². The molecule has 0 fully saturated rings. The van der Waals surface area contributed by atoms with Gasteiger partial charge in [0.25, 0.3) is 7.41 Å². The summed E-state index contributed by atoms with van der Waals surface area (Å²) >= 11 is 0. The van der Waals surface area contributed by atoms with Gasteiger partial charge in [-0.05, 0) is 22.4 Å². The highest BCUT2D eigenvalue weighted by Gasteiger charge is 2.08. The second-order valence-corrected chi connectivity index (χ2v) is 5.77. The fraction of sp³-hybridized carbons (Fsp3) is 0. The number of nitrogens with one attached hydrogen (secondary N) is 1. The fourth-order valence-electron chi connectivity index (χ4n) is 3.01. The third-order valence-electron chi connectivity index (χ3n) is 4.20. The fourth-order valence-corrected chi connectivity index (χ4v) is 3.01. The molecule has 26 heavy (non-hydrogen) atoms. The van der Waals surface area contributed by atoms with E-state index in [9.17, 15) is 0 Å². The monoisotopic (exact) mass is 342 g/mol. The van der Waals surface area contributed by atoms with Gasteiger partial charge in [0.15, 0.2) is 0 Å². The first-order chi connectivity index (χ1) is 11.9. The summed E-state index contributed by atoms with van der Waals surface area (Å²) in [6.07, 6.45) is 0. The Bertz CT molecular complexity index is 968. The predicted molar refractivity (Wildman–Crippen MR) is 112 cm³/mol. The van der Waals surface area contributed by atoms with Crippen LogP contribution in [0.1, 0.15) is 0 Å². The van der Waals surface area contributed by atoms with Gasteiger partial charge >= 0.3 is 0 Å². The highest BCUT2D eigenvalue weighted by Crippen LogP contribution is 2.33. The SMILES string of the molecule is O.O.[B](Nc1ccccc1-c1cccc2ccccc12)c1ccccc1. The van der Waals surface area contributed by atoms with Gasteiger partial charge < -0.3 is 16.2 Å². The van der Waals surface area contributed by atoms with Gasteiger partial charge in [0.05, 0.1) is 0 Å². The average molecular weight is 342 g/mol. The van der Waals surface area contributed by atoms with Gasteiger partial charge in [0.2, 0.25) is 0 Å². The summed E-state index contributed by atoms with van der Waals surface area (Å²) in [4.78, 5) is 0. The number of benzene rings is 4. The van der Waals surface area contributed by atoms with E-state index in [1.54, 1.807) is 0 Å². The van der Waals surface area contributed by atoms with Gasteiger partial charge in [0, 0.05) is 11.3 Å². The minimum atomic E-state index is 0. The van der Waals surface area contributed by atoms with E-state index in [0.29, 0.717) is 0 Å². The molecule has 0 atom stereocenters. The van der Waals surface area contributed by atoms with Crippen molar-refractivity contribution >= 4 is 29.3 Å². The van der Waals surface area contributed by atoms with Crippen molar-refractivity contribution < 1.29 is 11.0 Å². The first-order valence-corrected chi connectivity index (χ1v) is 8.14. The van der Waals surface area contributed by atoms with E-state index in [1.807, 2.05) is 25.6 Å². The highest BCUT2D eigenvalue weighted by atomic mass is 16.0. The number of hydrogen-bond acceptors (Lipinski definition) is 1. The van der Waals surface area contributed by atoms with Crippen molar-refractivity contribution in [3.05, 3.63) is 97.1 Å². The van der Waals surface area contributed by atoms with E-state index in [1.165, 1.54) is 21.9 Å². The minimum Gasteiger partial charge on any atom is -0.427 e. The first-order valence-electron chi connectivity index (χ1n) is 8.14. The van der Waals surface area contributed by atoms with Gasteiger partial charge in [-0.3, -0.25) is 0 Å². The molecule has 0 aromatic heterocycles. The first kappa shape index (κ1) is 19.3. The molecule has 0 saturated heterocycles. The molecule has 0 heterocycles. The molecule has 0 aliphatic heterocycles. The molecule has 0 saturated carbocycles. The maximum atomic E-state index is 3.47. The summed E-state index contributed by atoms with van der Waals surface area (Å²) in [5, 5.41) is 6.00. The molecule has 0 aliphatic rings. The second kappa shape index (κ2) is 8.86. The Balaban J connectivity index is 0.00000121. The zero-order valence-electron chi connectivity index (χ0n) is 14.3. The summed E-state index contributed by atoms with van der Waals surface area (Å²) in [5.74, 6) is 0. The maximum absolute atomic E-state index is 3.47. The summed E-state index contributed by atoms with van der Waals surface area (Å²) in [5.41, 5.74) is 4.72. The molecule has 0 amide bonds. The van der Waals surface area contributed by atoms with E-state index < -0.39 is 0 Å². The summed E-state index contributed by atoms with van der Waals surface area (Å²) in [6.45, 7) is 0. The quantitative estimate of drug-likeness (QED) is 0.568. The van der Waals surface area contributed by atoms with Crippen molar-refractivity contribution in [2.75, 3.05) is 5.23 Å². The van der Waals surface area contributed by atoms with Crippen molar-refractivity contribution in [2.24, 2.45) is 0 Å². The third kappa shape index (κ3) is 3.94. The highest BCUT2D eigenvalue weighted by molar-refractivity contribution is 6.57. The minimum absolute atomic E-state index is 0. The molecule has 4 rings (SSSR count). The Morgan fingerprint density at radius 1 is 0.538 bits per heavy atom. The lowest BCUT2D eigenvalue weighted by Crippen LogP contribution is -2.22. The van der Waals surface area contributed by atoms with Crippen LogP contribution >= 0.6 is 0 Å². The lowest BCUT2D eigenvalue weighted by atomic mass is 9.82. The molecule has 0 spiro atoms. The van der Waals surface area contributed by atoms with Crippen LogP contribution in [0.15, 0.2) is 97.1 Å². The van der Waals surface area contributed by atoms with E-state index >= 15 is 0 Å². The predicted octanol–water partition coefficient (Wildman–Crippen LogP) is 3.21. The van der Waals surface area contributed by atoms with Crippen LogP contribution in [0.3, 0.4) is 0 Å². The summed E-state index contributed by atoms with van der Waals surface area (Å²) in [7, 11) is 2.05. The van der Waals surface area contributed by atoms with Crippen LogP contribution in [-0.2, 0) is 0 Å². The molecular formula is C22H21BNO2. The maximum Gasteiger partial charge on any atom is 0.282 e. The van der Waals surface area contributed by atoms with Crippen LogP contribution in [0.5, 0.6) is 0 Å². The van der Waals surface area contributed by atoms with E-state index in [0.717, 1.165) is 11.2 Å². The lowest BCUT2D eigenvalue weighted by molar-refractivity contribution is 0.823. The number of hydrogen-bond donors (Lipinski definition) is 1. The molecule has 4 heteroatoms. The number of anilines is 1. The van der Waals surface area contributed by atoms with E-state index in [-0.39, 0.29) is 11.0 Å². The molecule has 5 N–H and O–H groups in total. The lowest BCUT2D eigenvalue weighted by Gasteiger charge is -2.14. The van der Waals surface area contributed by atoms with Gasteiger partial charge in [-0.15, -0.1) is 0 Å². The van der Waals surface area contributed by atoms with E-state index in [4.69, 9.17) is 0 Å². The summed E-state index contributed by atoms with van der Waals surface area (Å²) < 4.78 is 0. The Hall–Kier alpha value is -3.08. The number of para-hydroxylation sites is 1. The van der Waals surface area contributed by atoms with Crippen molar-refractivity contribution in [1.82, 2.24) is 0 Å². The van der Waals surface area contributed by atoms with Crippen LogP contribution in [0.2, 0.25) is 0 Å². The van der Waals surface area contributed by atoms with Crippen molar-refractivity contribution in [3.63, 3.8) is 0 Å². The van der Waals surface area contributed by atoms with Crippen LogP contribution in [0.25, 0.3) is 21.9 Å². The molecule has 0 unspecified atom stereocenters. The number of fused-ring (bicyclic) bond motifs is 1. The van der Waals surface area contributed by atoms with E-state index in [2.05, 4.69) is 84.1 Å². The van der Waals surface area contributed by atoms with Crippen molar-refractivity contribution in [2.45, 2.75) is 0 Å². The Morgan fingerprint density at radius 2 is 1.15 bits per heavy atom. The topological polar surface area (TPSA) is 75.0 Å². The molecular weight excluding hydrogens is 321 g/mol. The smallest absolute Gasteiger partial charge is 0.282 e. The molecule has 0 bridgehead atoms. The molecule has 3 nitrogen and oxygen atoms in total. The Morgan fingerprint density at radius 3 is 2.00 bits per heavy atom. The van der Waals surface area contributed by atoms with Crippen LogP contribution in [-0.4, -0.2) is 18.4 Å². The van der Waals surface area contributed by atoms with Gasteiger partial charge in [-0.1, -0.05) is 96.5 Å². The molecule has 129 valence electrons. The molecule has 1 radical (unpaired) electrons. The molecule has 0 aliphatic carbocycles.